The lowest BCUT2D eigenvalue weighted by atomic mass is 10.4. The highest BCUT2D eigenvalue weighted by atomic mass is 16.5. The van der Waals surface area contributed by atoms with E-state index in [1.54, 1.807) is 0 Å². The van der Waals surface area contributed by atoms with Gasteiger partial charge in [0, 0.05) is 0 Å². The summed E-state index contributed by atoms with van der Waals surface area (Å²) in [7, 11) is 0. The number of hydrogen-bond acceptors (Lipinski definition) is 4. The molecule has 1 unspecified atom stereocenters. The third kappa shape index (κ3) is 6.51. The maximum Gasteiger partial charge on any atom is 0.111 e. The molecule has 0 aliphatic heterocycles. The molecule has 5 nitrogen and oxygen atoms in total. The Balaban J connectivity index is 3.26. The van der Waals surface area contributed by atoms with Crippen LogP contribution in [0.2, 0.25) is 0 Å². The van der Waals surface area contributed by atoms with Crippen LogP contribution >= 0.6 is 0 Å². The van der Waals surface area contributed by atoms with Crippen LogP contribution in [0.4, 0.5) is 0 Å². The van der Waals surface area contributed by atoms with Gasteiger partial charge in [0.1, 0.15) is 12.7 Å². The largest absolute Gasteiger partial charge is 0.394 e. The molecule has 0 rings (SSSR count). The summed E-state index contributed by atoms with van der Waals surface area (Å²) in [5.41, 5.74) is 0. The van der Waals surface area contributed by atoms with Gasteiger partial charge in [0.2, 0.25) is 0 Å². The molecule has 0 aliphatic carbocycles. The van der Waals surface area contributed by atoms with E-state index in [2.05, 4.69) is 0 Å². The first-order chi connectivity index (χ1) is 5.85. The van der Waals surface area contributed by atoms with E-state index in [4.69, 9.17) is 19.7 Å². The highest BCUT2D eigenvalue weighted by Gasteiger charge is 2.07. The smallest absolute Gasteiger partial charge is 0.111 e. The van der Waals surface area contributed by atoms with E-state index < -0.39 is 12.7 Å². The molecule has 5 heteroatoms. The van der Waals surface area contributed by atoms with Crippen molar-refractivity contribution in [2.24, 2.45) is 0 Å². The van der Waals surface area contributed by atoms with Gasteiger partial charge >= 0.3 is 0 Å². The van der Waals surface area contributed by atoms with Gasteiger partial charge in [0.15, 0.2) is 0 Å². The molecule has 0 saturated heterocycles. The van der Waals surface area contributed by atoms with Crippen molar-refractivity contribution in [1.29, 1.82) is 0 Å². The Morgan fingerprint density at radius 3 is 2.33 bits per heavy atom. The predicted octanol–water partition coefficient (Wildman–Crippen LogP) is -1.20. The summed E-state index contributed by atoms with van der Waals surface area (Å²) in [6.45, 7) is -0.0358. The van der Waals surface area contributed by atoms with Crippen molar-refractivity contribution in [3.05, 3.63) is 0 Å². The van der Waals surface area contributed by atoms with Crippen LogP contribution in [0.5, 0.6) is 0 Å². The third-order valence-corrected chi connectivity index (χ3v) is 1.17. The average molecular weight is 179 g/mol. The van der Waals surface area contributed by atoms with Crippen LogP contribution in [-0.4, -0.2) is 56.0 Å². The first-order valence-corrected chi connectivity index (χ1v) is 3.84. The van der Waals surface area contributed by atoms with Crippen LogP contribution in [0.3, 0.4) is 0 Å². The molecule has 73 valence electrons. The molecule has 0 heterocycles. The van der Waals surface area contributed by atoms with Gasteiger partial charge in [0.05, 0.1) is 33.0 Å². The van der Waals surface area contributed by atoms with Gasteiger partial charge in [-0.05, 0) is 0 Å². The van der Waals surface area contributed by atoms with Gasteiger partial charge in [-0.25, -0.2) is 5.11 Å². The van der Waals surface area contributed by atoms with Gasteiger partial charge in [-0.2, -0.15) is 0 Å². The molecule has 0 aromatic carbocycles. The Kier molecular flexibility index (Phi) is 8.74. The number of aliphatic hydroxyl groups excluding tert-OH is 2. The molecule has 0 aliphatic rings. The lowest BCUT2D eigenvalue weighted by Crippen LogP contribution is -2.25. The minimum absolute atomic E-state index is 0.0639. The molecule has 1 radical (unpaired) electrons. The maximum atomic E-state index is 10.4. The highest BCUT2D eigenvalue weighted by Crippen LogP contribution is 1.92. The van der Waals surface area contributed by atoms with Crippen molar-refractivity contribution >= 4 is 0 Å². The zero-order valence-corrected chi connectivity index (χ0v) is 6.94. The maximum absolute atomic E-state index is 10.4. The molecular formula is C7H15O5. The molecule has 2 N–H and O–H groups in total. The Morgan fingerprint density at radius 1 is 1.17 bits per heavy atom. The SMILES string of the molecule is [O]CC(COCCO)OCCO. The Bertz CT molecular complexity index is 87.9. The van der Waals surface area contributed by atoms with E-state index >= 15 is 0 Å². The summed E-state index contributed by atoms with van der Waals surface area (Å²) in [6.07, 6.45) is -0.524. The molecule has 12 heavy (non-hydrogen) atoms. The Labute approximate surface area is 71.5 Å². The number of ether oxygens (including phenoxy) is 2. The molecule has 0 aromatic rings. The zero-order valence-electron chi connectivity index (χ0n) is 6.94. The fourth-order valence-corrected chi connectivity index (χ4v) is 0.643. The number of hydrogen-bond donors (Lipinski definition) is 2. The van der Waals surface area contributed by atoms with Gasteiger partial charge in [-0.1, -0.05) is 0 Å². The van der Waals surface area contributed by atoms with E-state index in [0.29, 0.717) is 0 Å². The summed E-state index contributed by atoms with van der Waals surface area (Å²) in [6, 6.07) is 0. The fourth-order valence-electron chi connectivity index (χ4n) is 0.643. The summed E-state index contributed by atoms with van der Waals surface area (Å²) in [5.74, 6) is 0. The first-order valence-electron chi connectivity index (χ1n) is 3.84. The van der Waals surface area contributed by atoms with Crippen molar-refractivity contribution < 1.29 is 24.8 Å². The lowest BCUT2D eigenvalue weighted by molar-refractivity contribution is -0.0673. The van der Waals surface area contributed by atoms with E-state index in [1.807, 2.05) is 0 Å². The minimum atomic E-state index is -0.524. The molecule has 1 atom stereocenters. The van der Waals surface area contributed by atoms with E-state index in [0.717, 1.165) is 0 Å². The molecule has 0 spiro atoms. The normalized spacial score (nSPS) is 13.2. The van der Waals surface area contributed by atoms with Gasteiger partial charge in [-0.15, -0.1) is 0 Å². The summed E-state index contributed by atoms with van der Waals surface area (Å²) in [5, 5.41) is 27.1. The zero-order chi connectivity index (χ0) is 9.23. The van der Waals surface area contributed by atoms with Crippen LogP contribution in [0.15, 0.2) is 0 Å². The summed E-state index contributed by atoms with van der Waals surface area (Å²) >= 11 is 0. The van der Waals surface area contributed by atoms with Crippen molar-refractivity contribution in [2.45, 2.75) is 6.10 Å². The second kappa shape index (κ2) is 8.89. The molecule has 0 fully saturated rings. The van der Waals surface area contributed by atoms with Crippen LogP contribution in [0.25, 0.3) is 0 Å². The fraction of sp³-hybridized carbons (Fsp3) is 1.00. The summed E-state index contributed by atoms with van der Waals surface area (Å²) < 4.78 is 9.79. The van der Waals surface area contributed by atoms with Gasteiger partial charge in [0.25, 0.3) is 0 Å². The van der Waals surface area contributed by atoms with E-state index in [-0.39, 0.29) is 33.0 Å². The number of rotatable bonds is 8. The molecule has 0 aromatic heterocycles. The predicted molar refractivity (Wildman–Crippen MR) is 40.3 cm³/mol. The van der Waals surface area contributed by atoms with Crippen LogP contribution in [0, 0.1) is 0 Å². The van der Waals surface area contributed by atoms with Crippen molar-refractivity contribution in [3.8, 4) is 0 Å². The van der Waals surface area contributed by atoms with Crippen molar-refractivity contribution in [1.82, 2.24) is 0 Å². The lowest BCUT2D eigenvalue weighted by Gasteiger charge is -2.13. The second-order valence-corrected chi connectivity index (χ2v) is 2.18. The quantitative estimate of drug-likeness (QED) is 0.459. The van der Waals surface area contributed by atoms with Crippen molar-refractivity contribution in [2.75, 3.05) is 39.6 Å². The second-order valence-electron chi connectivity index (χ2n) is 2.18. The van der Waals surface area contributed by atoms with Crippen LogP contribution < -0.4 is 0 Å². The molecule has 0 bridgehead atoms. The van der Waals surface area contributed by atoms with Crippen LogP contribution in [0.1, 0.15) is 0 Å². The Hall–Kier alpha value is -0.200. The topological polar surface area (TPSA) is 78.8 Å². The monoisotopic (exact) mass is 179 g/mol. The third-order valence-electron chi connectivity index (χ3n) is 1.17. The molecular weight excluding hydrogens is 164 g/mol. The van der Waals surface area contributed by atoms with Gasteiger partial charge < -0.3 is 19.7 Å². The van der Waals surface area contributed by atoms with Crippen molar-refractivity contribution in [3.63, 3.8) is 0 Å². The summed E-state index contributed by atoms with van der Waals surface area (Å²) in [4.78, 5) is 0. The van der Waals surface area contributed by atoms with E-state index in [9.17, 15) is 5.11 Å². The highest BCUT2D eigenvalue weighted by molar-refractivity contribution is 4.52. The molecule has 0 saturated carbocycles. The van der Waals surface area contributed by atoms with E-state index in [1.165, 1.54) is 0 Å². The standard InChI is InChI=1S/C7H15O5/c8-1-3-11-6-7(5-10)12-4-2-9/h7-9H,1-6H2. The number of aliphatic hydroxyl groups is 2. The Morgan fingerprint density at radius 2 is 1.83 bits per heavy atom. The molecule has 0 amide bonds. The average Bonchev–Trinajstić information content (AvgIpc) is 2.11. The van der Waals surface area contributed by atoms with Gasteiger partial charge in [-0.3, -0.25) is 0 Å². The minimum Gasteiger partial charge on any atom is -0.394 e. The first kappa shape index (κ1) is 11.8. The van der Waals surface area contributed by atoms with Crippen LogP contribution in [-0.2, 0) is 14.6 Å².